The number of aliphatic carboxylic acids is 1. The number of carbonyl (C=O) groups excluding carboxylic acids is 1. The molecule has 1 aliphatic rings. The number of carboxylic acid groups (broad SMARTS) is 1. The topological polar surface area (TPSA) is 171 Å². The van der Waals surface area contributed by atoms with Gasteiger partial charge < -0.3 is 20.3 Å². The molecule has 0 spiro atoms. The number of rotatable bonds is 15. The van der Waals surface area contributed by atoms with E-state index in [-0.39, 0.29) is 35.3 Å². The van der Waals surface area contributed by atoms with E-state index in [0.717, 1.165) is 17.8 Å². The number of hydrogen-bond donors (Lipinski definition) is 6. The smallest absolute Gasteiger partial charge is 0.323 e. The number of aryl methyl sites for hydroxylation is 2. The minimum Gasteiger partial charge on any atom is -0.480 e. The number of unbranched alkanes of at least 4 members (excludes halogenated alkanes) is 1. The molecule has 2 heterocycles. The van der Waals surface area contributed by atoms with E-state index >= 15 is 8.78 Å². The van der Waals surface area contributed by atoms with Crippen LogP contribution in [0.2, 0.25) is 0 Å². The molecule has 1 aliphatic heterocycles. The Balaban J connectivity index is 1.67. The van der Waals surface area contributed by atoms with Crippen molar-refractivity contribution in [1.29, 1.82) is 0 Å². The molecular weight excluding hydrogens is 610 g/mol. The van der Waals surface area contributed by atoms with E-state index in [2.05, 4.69) is 21.3 Å². The van der Waals surface area contributed by atoms with Gasteiger partial charge in [0.25, 0.3) is 5.91 Å². The highest BCUT2D eigenvalue weighted by atomic mass is 32.2. The number of carbonyl (C=O) groups is 2. The van der Waals surface area contributed by atoms with Crippen LogP contribution in [-0.4, -0.2) is 61.1 Å². The fraction of sp³-hybridized carbons (Fsp3) is 0.367. The Morgan fingerprint density at radius 2 is 1.96 bits per heavy atom. The van der Waals surface area contributed by atoms with Crippen LogP contribution in [0, 0.1) is 11.6 Å². The predicted octanol–water partition coefficient (Wildman–Crippen LogP) is 1.50. The largest absolute Gasteiger partial charge is 0.480 e. The summed E-state index contributed by atoms with van der Waals surface area (Å²) in [5.74, 6) is -4.81. The average Bonchev–Trinajstić information content (AvgIpc) is 3.02. The van der Waals surface area contributed by atoms with Crippen molar-refractivity contribution in [3.8, 4) is 0 Å². The molecule has 1 aromatic heterocycles. The number of carboxylic acids is 1. The monoisotopic (exact) mass is 646 g/mol. The van der Waals surface area contributed by atoms with E-state index in [0.29, 0.717) is 25.8 Å². The first-order chi connectivity index (χ1) is 21.5. The van der Waals surface area contributed by atoms with Gasteiger partial charge in [-0.1, -0.05) is 49.8 Å². The molecule has 6 N–H and O–H groups in total. The lowest BCUT2D eigenvalue weighted by Gasteiger charge is -2.23. The second-order valence-electron chi connectivity index (χ2n) is 10.5. The zero-order valence-electron chi connectivity index (χ0n) is 24.6. The van der Waals surface area contributed by atoms with Crippen molar-refractivity contribution in [2.45, 2.75) is 51.6 Å². The Labute approximate surface area is 258 Å². The molecule has 0 bridgehead atoms. The molecule has 2 unspecified atom stereocenters. The molecule has 242 valence electrons. The van der Waals surface area contributed by atoms with E-state index in [1.807, 2.05) is 41.1 Å². The van der Waals surface area contributed by atoms with Crippen LogP contribution >= 0.6 is 0 Å². The molecule has 0 saturated heterocycles. The zero-order chi connectivity index (χ0) is 32.6. The number of benzene rings is 2. The first kappa shape index (κ1) is 33.7. The van der Waals surface area contributed by atoms with Gasteiger partial charge in [0.1, 0.15) is 23.7 Å². The number of sulfonamides is 1. The Kier molecular flexibility index (Phi) is 11.4. The third kappa shape index (κ3) is 8.72. The van der Waals surface area contributed by atoms with Crippen LogP contribution in [0.25, 0.3) is 10.9 Å². The van der Waals surface area contributed by atoms with Crippen LogP contribution in [0.4, 0.5) is 8.78 Å². The van der Waals surface area contributed by atoms with E-state index in [1.54, 1.807) is 13.1 Å². The Bertz CT molecular complexity index is 1730. The van der Waals surface area contributed by atoms with Crippen molar-refractivity contribution in [3.05, 3.63) is 93.4 Å². The van der Waals surface area contributed by atoms with Gasteiger partial charge in [-0.05, 0) is 30.7 Å². The SMILES string of the molecule is CCCCS(=O)(=O)NC(CNC(=O)c1cn(CCc2ccccc2)c2c(F)c(CNC3NC=CCN3)c(F)cc2c1=O)C(=O)O. The van der Waals surface area contributed by atoms with Gasteiger partial charge in [-0.15, -0.1) is 0 Å². The predicted molar refractivity (Wildman–Crippen MR) is 165 cm³/mol. The third-order valence-electron chi connectivity index (χ3n) is 7.23. The summed E-state index contributed by atoms with van der Waals surface area (Å²) in [6, 6.07) is 8.39. The van der Waals surface area contributed by atoms with Gasteiger partial charge in [-0.25, -0.2) is 17.2 Å². The molecule has 0 aliphatic carbocycles. The standard InChI is InChI=1S/C30H36F2N6O6S/c1-2-3-14-45(43,44)37-24(29(41)42)17-35-28(40)22-18-38(13-10-19-8-5-4-6-9-19)26-20(27(22)39)15-23(31)21(25(26)32)16-36-30-33-11-7-12-34-30/h4-9,11,15,18,24,30,33-34,36-37H,2-3,10,12-14,16-17H2,1H3,(H,35,40)(H,41,42). The number of pyridine rings is 1. The Morgan fingerprint density at radius 3 is 2.62 bits per heavy atom. The van der Waals surface area contributed by atoms with Gasteiger partial charge in [0.2, 0.25) is 15.5 Å². The van der Waals surface area contributed by atoms with Crippen molar-refractivity contribution in [1.82, 2.24) is 30.6 Å². The molecule has 12 nitrogen and oxygen atoms in total. The number of hydrogen-bond acceptors (Lipinski definition) is 8. The zero-order valence-corrected chi connectivity index (χ0v) is 25.4. The van der Waals surface area contributed by atoms with Crippen LogP contribution in [0.3, 0.4) is 0 Å². The average molecular weight is 647 g/mol. The number of nitrogens with zero attached hydrogens (tertiary/aromatic N) is 1. The van der Waals surface area contributed by atoms with Crippen molar-refractivity contribution in [3.63, 3.8) is 0 Å². The van der Waals surface area contributed by atoms with Gasteiger partial charge in [-0.3, -0.25) is 25.0 Å². The lowest BCUT2D eigenvalue weighted by atomic mass is 10.0. The summed E-state index contributed by atoms with van der Waals surface area (Å²) in [7, 11) is -3.95. The molecule has 4 rings (SSSR count). The molecule has 0 saturated carbocycles. The molecule has 2 atom stereocenters. The number of nitrogens with one attached hydrogen (secondary N) is 5. The summed E-state index contributed by atoms with van der Waals surface area (Å²) in [4.78, 5) is 38.4. The number of fused-ring (bicyclic) bond motifs is 1. The van der Waals surface area contributed by atoms with Crippen molar-refractivity contribution < 1.29 is 31.9 Å². The third-order valence-corrected chi connectivity index (χ3v) is 8.70. The maximum absolute atomic E-state index is 16.0. The molecular formula is C30H36F2N6O6S. The van der Waals surface area contributed by atoms with Gasteiger partial charge >= 0.3 is 5.97 Å². The Hall–Kier alpha value is -4.18. The van der Waals surface area contributed by atoms with Crippen LogP contribution in [-0.2, 0) is 34.3 Å². The molecule has 1 amide bonds. The highest BCUT2D eigenvalue weighted by molar-refractivity contribution is 7.89. The lowest BCUT2D eigenvalue weighted by Crippen LogP contribution is -2.52. The minimum atomic E-state index is -3.95. The molecule has 0 fully saturated rings. The van der Waals surface area contributed by atoms with E-state index in [9.17, 15) is 27.9 Å². The van der Waals surface area contributed by atoms with Gasteiger partial charge in [0.05, 0.1) is 16.7 Å². The van der Waals surface area contributed by atoms with E-state index < -0.39 is 63.4 Å². The highest BCUT2D eigenvalue weighted by Crippen LogP contribution is 2.24. The van der Waals surface area contributed by atoms with Crippen LogP contribution in [0.15, 0.2) is 59.7 Å². The number of aromatic nitrogens is 1. The number of halogens is 2. The van der Waals surface area contributed by atoms with Crippen LogP contribution < -0.4 is 31.4 Å². The summed E-state index contributed by atoms with van der Waals surface area (Å²) in [6.07, 6.45) is 5.51. The second kappa shape index (κ2) is 15.2. The number of amides is 1. The first-order valence-electron chi connectivity index (χ1n) is 14.5. The molecule has 45 heavy (non-hydrogen) atoms. The second-order valence-corrected chi connectivity index (χ2v) is 12.4. The molecule has 3 aromatic rings. The molecule has 0 radical (unpaired) electrons. The fourth-order valence-corrected chi connectivity index (χ4v) is 6.21. The molecule has 2 aromatic carbocycles. The van der Waals surface area contributed by atoms with Crippen molar-refractivity contribution in [2.24, 2.45) is 0 Å². The lowest BCUT2D eigenvalue weighted by molar-refractivity contribution is -0.138. The minimum absolute atomic E-state index is 0.113. The van der Waals surface area contributed by atoms with E-state index in [4.69, 9.17) is 0 Å². The summed E-state index contributed by atoms with van der Waals surface area (Å²) in [5.41, 5.74) is -1.05. The maximum atomic E-state index is 16.0. The van der Waals surface area contributed by atoms with Gasteiger partial charge in [-0.2, -0.15) is 4.72 Å². The quantitative estimate of drug-likeness (QED) is 0.143. The highest BCUT2D eigenvalue weighted by Gasteiger charge is 2.27. The summed E-state index contributed by atoms with van der Waals surface area (Å²) < 4.78 is 59.3. The van der Waals surface area contributed by atoms with Gasteiger partial charge in [0, 0.05) is 37.9 Å². The van der Waals surface area contributed by atoms with Crippen LogP contribution in [0.5, 0.6) is 0 Å². The molecule has 15 heteroatoms. The van der Waals surface area contributed by atoms with Crippen LogP contribution in [0.1, 0.15) is 41.3 Å². The normalized spacial score (nSPS) is 15.5. The van der Waals surface area contributed by atoms with Crippen molar-refractivity contribution in [2.75, 3.05) is 18.8 Å². The summed E-state index contributed by atoms with van der Waals surface area (Å²) in [6.45, 7) is 1.55. The summed E-state index contributed by atoms with van der Waals surface area (Å²) in [5, 5.41) is 20.4. The van der Waals surface area contributed by atoms with E-state index in [1.165, 1.54) is 4.57 Å². The Morgan fingerprint density at radius 1 is 1.20 bits per heavy atom. The van der Waals surface area contributed by atoms with Crippen molar-refractivity contribution >= 4 is 32.8 Å². The maximum Gasteiger partial charge on any atom is 0.323 e. The first-order valence-corrected chi connectivity index (χ1v) is 16.1. The summed E-state index contributed by atoms with van der Waals surface area (Å²) >= 11 is 0. The van der Waals surface area contributed by atoms with Gasteiger partial charge in [0.15, 0.2) is 5.82 Å². The fourth-order valence-electron chi connectivity index (χ4n) is 4.80.